The van der Waals surface area contributed by atoms with Gasteiger partial charge in [-0.1, -0.05) is 5.92 Å². The van der Waals surface area contributed by atoms with Gasteiger partial charge in [0, 0.05) is 13.5 Å². The van der Waals surface area contributed by atoms with Crippen LogP contribution in [0, 0.1) is 11.8 Å². The SMILES string of the molecule is CC#CC(C)(C)NC(=O)CCOC. The molecule has 0 unspecified atom stereocenters. The standard InChI is InChI=1S/C10H17NO2/c1-5-7-10(2,3)11-9(12)6-8-13-4/h6,8H2,1-4H3,(H,11,12). The molecule has 0 saturated carbocycles. The summed E-state index contributed by atoms with van der Waals surface area (Å²) in [4.78, 5) is 11.2. The van der Waals surface area contributed by atoms with Gasteiger partial charge in [0.05, 0.1) is 12.1 Å². The molecule has 3 nitrogen and oxygen atoms in total. The van der Waals surface area contributed by atoms with Crippen LogP contribution in [0.3, 0.4) is 0 Å². The Balaban J connectivity index is 3.94. The van der Waals surface area contributed by atoms with Crippen LogP contribution in [-0.4, -0.2) is 25.2 Å². The van der Waals surface area contributed by atoms with E-state index in [9.17, 15) is 4.79 Å². The Hall–Kier alpha value is -1.01. The van der Waals surface area contributed by atoms with E-state index in [4.69, 9.17) is 4.74 Å². The fourth-order valence-corrected chi connectivity index (χ4v) is 0.950. The summed E-state index contributed by atoms with van der Waals surface area (Å²) in [5.74, 6) is 5.65. The normalized spacial score (nSPS) is 10.2. The van der Waals surface area contributed by atoms with Crippen LogP contribution in [0.5, 0.6) is 0 Å². The van der Waals surface area contributed by atoms with Gasteiger partial charge in [-0.3, -0.25) is 4.79 Å². The van der Waals surface area contributed by atoms with Crippen LogP contribution in [0.1, 0.15) is 27.2 Å². The molecule has 3 heteroatoms. The van der Waals surface area contributed by atoms with Crippen molar-refractivity contribution in [2.24, 2.45) is 0 Å². The van der Waals surface area contributed by atoms with Gasteiger partial charge in [-0.05, 0) is 20.8 Å². The molecule has 0 aliphatic heterocycles. The largest absolute Gasteiger partial charge is 0.384 e. The van der Waals surface area contributed by atoms with Crippen molar-refractivity contribution in [3.05, 3.63) is 0 Å². The van der Waals surface area contributed by atoms with Gasteiger partial charge < -0.3 is 10.1 Å². The first-order valence-electron chi connectivity index (χ1n) is 4.25. The van der Waals surface area contributed by atoms with E-state index < -0.39 is 5.54 Å². The Labute approximate surface area is 79.8 Å². The molecule has 0 radical (unpaired) electrons. The number of amides is 1. The van der Waals surface area contributed by atoms with Gasteiger partial charge in [0.25, 0.3) is 0 Å². The molecule has 0 bridgehead atoms. The van der Waals surface area contributed by atoms with E-state index in [-0.39, 0.29) is 5.91 Å². The van der Waals surface area contributed by atoms with E-state index in [0.29, 0.717) is 13.0 Å². The third-order valence-corrected chi connectivity index (χ3v) is 1.42. The van der Waals surface area contributed by atoms with Crippen LogP contribution >= 0.6 is 0 Å². The minimum atomic E-state index is -0.445. The minimum absolute atomic E-state index is 0.0328. The molecule has 0 atom stereocenters. The molecule has 1 N–H and O–H groups in total. The van der Waals surface area contributed by atoms with Gasteiger partial charge in [0.15, 0.2) is 0 Å². The van der Waals surface area contributed by atoms with Gasteiger partial charge in [0.2, 0.25) is 5.91 Å². The highest BCUT2D eigenvalue weighted by molar-refractivity contribution is 5.77. The van der Waals surface area contributed by atoms with E-state index in [1.807, 2.05) is 13.8 Å². The molecule has 0 aromatic carbocycles. The first kappa shape index (κ1) is 12.0. The van der Waals surface area contributed by atoms with Crippen LogP contribution in [-0.2, 0) is 9.53 Å². The Kier molecular flexibility index (Phi) is 5.17. The average Bonchev–Trinajstić information content (AvgIpc) is 1.99. The first-order valence-corrected chi connectivity index (χ1v) is 4.25. The van der Waals surface area contributed by atoms with Crippen LogP contribution in [0.25, 0.3) is 0 Å². The Morgan fingerprint density at radius 3 is 2.62 bits per heavy atom. The lowest BCUT2D eigenvalue weighted by atomic mass is 10.1. The summed E-state index contributed by atoms with van der Waals surface area (Å²) >= 11 is 0. The summed E-state index contributed by atoms with van der Waals surface area (Å²) in [6, 6.07) is 0. The lowest BCUT2D eigenvalue weighted by Crippen LogP contribution is -2.42. The Morgan fingerprint density at radius 2 is 2.15 bits per heavy atom. The number of nitrogens with one attached hydrogen (secondary N) is 1. The highest BCUT2D eigenvalue weighted by Gasteiger charge is 2.16. The predicted octanol–water partition coefficient (Wildman–Crippen LogP) is 0.941. The number of carbonyl (C=O) groups excluding carboxylic acids is 1. The van der Waals surface area contributed by atoms with E-state index in [1.165, 1.54) is 0 Å². The predicted molar refractivity (Wildman–Crippen MR) is 52.2 cm³/mol. The second kappa shape index (κ2) is 5.60. The smallest absolute Gasteiger partial charge is 0.223 e. The molecule has 74 valence electrons. The highest BCUT2D eigenvalue weighted by Crippen LogP contribution is 1.99. The number of carbonyl (C=O) groups is 1. The van der Waals surface area contributed by atoms with E-state index >= 15 is 0 Å². The molecule has 0 saturated heterocycles. The maximum absolute atomic E-state index is 11.2. The van der Waals surface area contributed by atoms with Crippen molar-refractivity contribution in [3.8, 4) is 11.8 Å². The van der Waals surface area contributed by atoms with Crippen molar-refractivity contribution < 1.29 is 9.53 Å². The molecule has 0 rings (SSSR count). The van der Waals surface area contributed by atoms with Crippen LogP contribution in [0.4, 0.5) is 0 Å². The third-order valence-electron chi connectivity index (χ3n) is 1.42. The van der Waals surface area contributed by atoms with Crippen molar-refractivity contribution >= 4 is 5.91 Å². The zero-order valence-corrected chi connectivity index (χ0v) is 8.73. The molecule has 13 heavy (non-hydrogen) atoms. The van der Waals surface area contributed by atoms with Crippen molar-refractivity contribution in [1.82, 2.24) is 5.32 Å². The molecule has 1 amide bonds. The molecule has 0 heterocycles. The van der Waals surface area contributed by atoms with Crippen LogP contribution in [0.2, 0.25) is 0 Å². The molecule has 0 spiro atoms. The summed E-state index contributed by atoms with van der Waals surface area (Å²) in [7, 11) is 1.57. The molecule has 0 aliphatic rings. The van der Waals surface area contributed by atoms with Gasteiger partial charge in [-0.25, -0.2) is 0 Å². The number of hydrogen-bond donors (Lipinski definition) is 1. The van der Waals surface area contributed by atoms with Crippen LogP contribution in [0.15, 0.2) is 0 Å². The summed E-state index contributed by atoms with van der Waals surface area (Å²) < 4.78 is 4.79. The number of methoxy groups -OCH3 is 1. The average molecular weight is 183 g/mol. The third kappa shape index (κ3) is 6.18. The van der Waals surface area contributed by atoms with Crippen molar-refractivity contribution in [2.75, 3.05) is 13.7 Å². The Morgan fingerprint density at radius 1 is 1.54 bits per heavy atom. The van der Waals surface area contributed by atoms with E-state index in [0.717, 1.165) is 0 Å². The fourth-order valence-electron chi connectivity index (χ4n) is 0.950. The second-order valence-electron chi connectivity index (χ2n) is 3.29. The maximum Gasteiger partial charge on any atom is 0.223 e. The van der Waals surface area contributed by atoms with Crippen molar-refractivity contribution in [3.63, 3.8) is 0 Å². The number of rotatable bonds is 4. The molecule has 0 aromatic rings. The van der Waals surface area contributed by atoms with E-state index in [2.05, 4.69) is 17.2 Å². The Bertz CT molecular complexity index is 223. The van der Waals surface area contributed by atoms with Crippen LogP contribution < -0.4 is 5.32 Å². The van der Waals surface area contributed by atoms with Crippen molar-refractivity contribution in [1.29, 1.82) is 0 Å². The molecular weight excluding hydrogens is 166 g/mol. The minimum Gasteiger partial charge on any atom is -0.384 e. The fraction of sp³-hybridized carbons (Fsp3) is 0.700. The second-order valence-corrected chi connectivity index (χ2v) is 3.29. The van der Waals surface area contributed by atoms with Gasteiger partial charge in [-0.15, -0.1) is 5.92 Å². The molecule has 0 aliphatic carbocycles. The van der Waals surface area contributed by atoms with Gasteiger partial charge in [-0.2, -0.15) is 0 Å². The van der Waals surface area contributed by atoms with Crippen molar-refractivity contribution in [2.45, 2.75) is 32.7 Å². The quantitative estimate of drug-likeness (QED) is 0.659. The van der Waals surface area contributed by atoms with E-state index in [1.54, 1.807) is 14.0 Å². The van der Waals surface area contributed by atoms with Gasteiger partial charge in [0.1, 0.15) is 0 Å². The molecule has 0 fully saturated rings. The summed E-state index contributed by atoms with van der Waals surface area (Å²) in [6.45, 7) is 5.94. The highest BCUT2D eigenvalue weighted by atomic mass is 16.5. The van der Waals surface area contributed by atoms with Gasteiger partial charge >= 0.3 is 0 Å². The lowest BCUT2D eigenvalue weighted by Gasteiger charge is -2.19. The summed E-state index contributed by atoms with van der Waals surface area (Å²) in [5, 5.41) is 2.80. The molecule has 0 aromatic heterocycles. The summed E-state index contributed by atoms with van der Waals surface area (Å²) in [6.07, 6.45) is 0.380. The monoisotopic (exact) mass is 183 g/mol. The molecular formula is C10H17NO2. The first-order chi connectivity index (χ1) is 6.02. The number of ether oxygens (including phenoxy) is 1. The lowest BCUT2D eigenvalue weighted by molar-refractivity contribution is -0.123. The zero-order chi connectivity index (χ0) is 10.3. The topological polar surface area (TPSA) is 38.3 Å². The zero-order valence-electron chi connectivity index (χ0n) is 8.73. The maximum atomic E-state index is 11.2. The summed E-state index contributed by atoms with van der Waals surface area (Å²) in [5.41, 5.74) is -0.445. The number of hydrogen-bond acceptors (Lipinski definition) is 2.